The molecule has 2 aromatic carbocycles. The SMILES string of the molecule is COc1cc(F)c([N+](=O)[O-])cc1Nc1nccc(-c2c(C#N)n(C)c3ccccc23)n1. The summed E-state index contributed by atoms with van der Waals surface area (Å²) in [6, 6.07) is 13.4. The molecule has 0 atom stereocenters. The number of nitrogens with zero attached hydrogens (tertiary/aromatic N) is 5. The summed E-state index contributed by atoms with van der Waals surface area (Å²) >= 11 is 0. The Kier molecular flexibility index (Phi) is 4.92. The van der Waals surface area contributed by atoms with Crippen molar-refractivity contribution in [2.45, 2.75) is 0 Å². The lowest BCUT2D eigenvalue weighted by Gasteiger charge is -2.11. The van der Waals surface area contributed by atoms with E-state index in [1.807, 2.05) is 24.3 Å². The molecule has 0 aliphatic rings. The number of hydrogen-bond acceptors (Lipinski definition) is 7. The first-order chi connectivity index (χ1) is 14.9. The summed E-state index contributed by atoms with van der Waals surface area (Å²) in [6.07, 6.45) is 1.50. The zero-order valence-corrected chi connectivity index (χ0v) is 16.5. The molecule has 31 heavy (non-hydrogen) atoms. The highest BCUT2D eigenvalue weighted by atomic mass is 19.1. The number of nitro benzene ring substituents is 1. The highest BCUT2D eigenvalue weighted by Gasteiger charge is 2.21. The number of benzene rings is 2. The van der Waals surface area contributed by atoms with Crippen molar-refractivity contribution in [2.75, 3.05) is 12.4 Å². The Labute approximate surface area is 175 Å². The van der Waals surface area contributed by atoms with Crippen LogP contribution >= 0.6 is 0 Å². The average molecular weight is 418 g/mol. The number of para-hydroxylation sites is 1. The van der Waals surface area contributed by atoms with Gasteiger partial charge in [-0.15, -0.1) is 0 Å². The predicted octanol–water partition coefficient (Wildman–Crippen LogP) is 4.31. The fraction of sp³-hybridized carbons (Fsp3) is 0.0952. The molecule has 4 aromatic rings. The molecule has 10 heteroatoms. The summed E-state index contributed by atoms with van der Waals surface area (Å²) in [5.74, 6) is -0.856. The van der Waals surface area contributed by atoms with Gasteiger partial charge in [-0.3, -0.25) is 10.1 Å². The third-order valence-corrected chi connectivity index (χ3v) is 4.84. The number of hydrogen-bond donors (Lipinski definition) is 1. The third-order valence-electron chi connectivity index (χ3n) is 4.84. The van der Waals surface area contributed by atoms with Crippen LogP contribution in [0.5, 0.6) is 5.75 Å². The highest BCUT2D eigenvalue weighted by molar-refractivity contribution is 5.98. The maximum atomic E-state index is 13.9. The van der Waals surface area contributed by atoms with E-state index in [0.717, 1.165) is 23.0 Å². The number of nitriles is 1. The summed E-state index contributed by atoms with van der Waals surface area (Å²) < 4.78 is 20.8. The van der Waals surface area contributed by atoms with Crippen molar-refractivity contribution in [3.05, 3.63) is 70.3 Å². The number of anilines is 2. The van der Waals surface area contributed by atoms with E-state index in [1.54, 1.807) is 17.7 Å². The van der Waals surface area contributed by atoms with E-state index in [1.165, 1.54) is 13.3 Å². The van der Waals surface area contributed by atoms with E-state index >= 15 is 0 Å². The number of rotatable bonds is 5. The van der Waals surface area contributed by atoms with Crippen molar-refractivity contribution in [1.29, 1.82) is 5.26 Å². The van der Waals surface area contributed by atoms with Crippen LogP contribution in [0.15, 0.2) is 48.7 Å². The minimum atomic E-state index is -1.02. The molecule has 4 rings (SSSR count). The van der Waals surface area contributed by atoms with Crippen LogP contribution < -0.4 is 10.1 Å². The summed E-state index contributed by atoms with van der Waals surface area (Å²) in [7, 11) is 3.12. The Balaban J connectivity index is 1.82. The quantitative estimate of drug-likeness (QED) is 0.379. The van der Waals surface area contributed by atoms with Gasteiger partial charge in [-0.2, -0.15) is 9.65 Å². The molecule has 1 N–H and O–H groups in total. The van der Waals surface area contributed by atoms with Crippen molar-refractivity contribution in [3.63, 3.8) is 0 Å². The molecule has 9 nitrogen and oxygen atoms in total. The predicted molar refractivity (Wildman–Crippen MR) is 112 cm³/mol. The van der Waals surface area contributed by atoms with E-state index in [9.17, 15) is 19.8 Å². The van der Waals surface area contributed by atoms with Gasteiger partial charge < -0.3 is 14.6 Å². The first-order valence-corrected chi connectivity index (χ1v) is 9.04. The largest absolute Gasteiger partial charge is 0.494 e. The molecule has 0 saturated heterocycles. The van der Waals surface area contributed by atoms with Crippen molar-refractivity contribution in [3.8, 4) is 23.1 Å². The monoisotopic (exact) mass is 418 g/mol. The second-order valence-corrected chi connectivity index (χ2v) is 6.56. The fourth-order valence-electron chi connectivity index (χ4n) is 3.41. The zero-order valence-electron chi connectivity index (χ0n) is 16.5. The lowest BCUT2D eigenvalue weighted by Crippen LogP contribution is -2.02. The molecule has 2 heterocycles. The number of aromatic nitrogens is 3. The second kappa shape index (κ2) is 7.72. The average Bonchev–Trinajstić information content (AvgIpc) is 3.06. The van der Waals surface area contributed by atoms with Crippen molar-refractivity contribution in [1.82, 2.24) is 14.5 Å². The van der Waals surface area contributed by atoms with Crippen LogP contribution in [0.3, 0.4) is 0 Å². The van der Waals surface area contributed by atoms with Crippen molar-refractivity contribution in [2.24, 2.45) is 7.05 Å². The number of ether oxygens (including phenoxy) is 1. The first kappa shape index (κ1) is 19.8. The van der Waals surface area contributed by atoms with Gasteiger partial charge in [0.1, 0.15) is 17.5 Å². The molecule has 0 saturated carbocycles. The van der Waals surface area contributed by atoms with Crippen molar-refractivity contribution < 1.29 is 14.1 Å². The standard InChI is InChI=1S/C21H15FN6O3/c1-27-16-6-4-3-5-12(16)20(18(27)11-23)14-7-8-24-21(25-14)26-15-10-17(28(29)30)13(22)9-19(15)31-2/h3-10H,1-2H3,(H,24,25,26). The van der Waals surface area contributed by atoms with E-state index in [2.05, 4.69) is 21.4 Å². The molecule has 0 amide bonds. The van der Waals surface area contributed by atoms with Crippen LogP contribution in [0.25, 0.3) is 22.2 Å². The van der Waals surface area contributed by atoms with E-state index < -0.39 is 16.4 Å². The Morgan fingerprint density at radius 3 is 2.77 bits per heavy atom. The van der Waals surface area contributed by atoms with Crippen molar-refractivity contribution >= 4 is 28.2 Å². The third kappa shape index (κ3) is 3.38. The Morgan fingerprint density at radius 2 is 2.06 bits per heavy atom. The molecule has 0 radical (unpaired) electrons. The number of aryl methyl sites for hydroxylation is 1. The molecule has 0 unspecified atom stereocenters. The smallest absolute Gasteiger partial charge is 0.307 e. The van der Waals surface area contributed by atoms with Gasteiger partial charge in [0.15, 0.2) is 0 Å². The molecule has 0 aliphatic heterocycles. The minimum Gasteiger partial charge on any atom is -0.494 e. The van der Waals surface area contributed by atoms with Gasteiger partial charge in [-0.05, 0) is 12.1 Å². The number of methoxy groups -OCH3 is 1. The lowest BCUT2D eigenvalue weighted by atomic mass is 10.1. The van der Waals surface area contributed by atoms with Gasteiger partial charge in [0, 0.05) is 41.8 Å². The van der Waals surface area contributed by atoms with Crippen LogP contribution in [0.1, 0.15) is 5.69 Å². The van der Waals surface area contributed by atoms with E-state index in [4.69, 9.17) is 4.74 Å². The Morgan fingerprint density at radius 1 is 1.29 bits per heavy atom. The van der Waals surface area contributed by atoms with Crippen LogP contribution in [0, 0.1) is 27.3 Å². The van der Waals surface area contributed by atoms with Crippen LogP contribution in [-0.2, 0) is 7.05 Å². The molecule has 154 valence electrons. The second-order valence-electron chi connectivity index (χ2n) is 6.56. The van der Waals surface area contributed by atoms with Gasteiger partial charge in [0.25, 0.3) is 0 Å². The first-order valence-electron chi connectivity index (χ1n) is 9.04. The normalized spacial score (nSPS) is 10.6. The van der Waals surface area contributed by atoms with Gasteiger partial charge >= 0.3 is 5.69 Å². The lowest BCUT2D eigenvalue weighted by molar-refractivity contribution is -0.387. The maximum absolute atomic E-state index is 13.9. The number of fused-ring (bicyclic) bond motifs is 1. The molecule has 0 aliphatic carbocycles. The molecular formula is C21H15FN6O3. The van der Waals surface area contributed by atoms with Gasteiger partial charge in [0.05, 0.1) is 23.4 Å². The summed E-state index contributed by atoms with van der Waals surface area (Å²) in [6.45, 7) is 0. The topological polar surface area (TPSA) is 119 Å². The highest BCUT2D eigenvalue weighted by Crippen LogP contribution is 2.35. The number of halogens is 1. The molecule has 0 bridgehead atoms. The Bertz CT molecular complexity index is 1380. The number of nitro groups is 1. The summed E-state index contributed by atoms with van der Waals surface area (Å²) in [5, 5.41) is 24.5. The van der Waals surface area contributed by atoms with Crippen LogP contribution in [0.4, 0.5) is 21.7 Å². The van der Waals surface area contributed by atoms with Gasteiger partial charge in [-0.25, -0.2) is 9.97 Å². The number of nitrogens with one attached hydrogen (secondary N) is 1. The summed E-state index contributed by atoms with van der Waals surface area (Å²) in [4.78, 5) is 18.9. The minimum absolute atomic E-state index is 0.0555. The molecular weight excluding hydrogens is 403 g/mol. The Hall–Kier alpha value is -4.52. The van der Waals surface area contributed by atoms with Crippen LogP contribution in [-0.4, -0.2) is 26.6 Å². The zero-order chi connectivity index (χ0) is 22.1. The van der Waals surface area contributed by atoms with Crippen LogP contribution in [0.2, 0.25) is 0 Å². The molecule has 2 aromatic heterocycles. The van der Waals surface area contributed by atoms with Gasteiger partial charge in [0.2, 0.25) is 11.8 Å². The maximum Gasteiger partial charge on any atom is 0.307 e. The van der Waals surface area contributed by atoms with E-state index in [-0.39, 0.29) is 17.4 Å². The van der Waals surface area contributed by atoms with Gasteiger partial charge in [-0.1, -0.05) is 18.2 Å². The summed E-state index contributed by atoms with van der Waals surface area (Å²) in [5.41, 5.74) is 1.86. The molecule has 0 fully saturated rings. The fourth-order valence-corrected chi connectivity index (χ4v) is 3.41. The molecule has 0 spiro atoms. The van der Waals surface area contributed by atoms with E-state index in [0.29, 0.717) is 17.0 Å².